The molecule has 0 spiro atoms. The Hall–Kier alpha value is -1.66. The lowest BCUT2D eigenvalue weighted by Gasteiger charge is -1.98. The molecule has 0 bridgehead atoms. The second kappa shape index (κ2) is 17.4. The van der Waals surface area contributed by atoms with Gasteiger partial charge in [0.1, 0.15) is 11.5 Å². The molecule has 5 nitrogen and oxygen atoms in total. The molecule has 28 heavy (non-hydrogen) atoms. The molecule has 0 radical (unpaired) electrons. The molecule has 0 fully saturated rings. The molecule has 1 aromatic carbocycles. The number of nitrogen functional groups attached to an aromatic ring is 2. The van der Waals surface area contributed by atoms with Crippen LogP contribution >= 0.6 is 28.3 Å². The maximum atomic E-state index is 5.64. The number of unbranched alkanes of at least 4 members (excludes halogenated alkanes) is 7. The summed E-state index contributed by atoms with van der Waals surface area (Å²) in [5.74, 6) is 0.649. The molecule has 0 unspecified atom stereocenters. The highest BCUT2D eigenvalue weighted by Gasteiger charge is 1.98. The molecule has 156 valence electrons. The van der Waals surface area contributed by atoms with Gasteiger partial charge in [-0.15, -0.1) is 17.5 Å². The number of pyridine rings is 1. The minimum Gasteiger partial charge on any atom is -0.384 e. The Morgan fingerprint density at radius 3 is 2.00 bits per heavy atom. The summed E-state index contributed by atoms with van der Waals surface area (Å²) >= 11 is 3.44. The Balaban J connectivity index is 0.000000541. The van der Waals surface area contributed by atoms with Crippen LogP contribution in [0.2, 0.25) is 0 Å². The number of benzene rings is 1. The van der Waals surface area contributed by atoms with E-state index in [1.807, 2.05) is 30.3 Å². The Morgan fingerprint density at radius 2 is 1.43 bits per heavy atom. The predicted octanol–water partition coefficient (Wildman–Crippen LogP) is 7.61. The van der Waals surface area contributed by atoms with E-state index in [0.29, 0.717) is 11.5 Å². The van der Waals surface area contributed by atoms with Crippen molar-refractivity contribution in [1.29, 1.82) is 0 Å². The molecule has 2 aromatic rings. The third kappa shape index (κ3) is 12.7. The smallest absolute Gasteiger partial charge is 0.153 e. The fraction of sp³-hybridized carbons (Fsp3) is 0.476. The Labute approximate surface area is 184 Å². The van der Waals surface area contributed by atoms with E-state index in [1.54, 1.807) is 12.1 Å². The molecule has 0 aliphatic carbocycles. The maximum absolute atomic E-state index is 5.64. The highest BCUT2D eigenvalue weighted by molar-refractivity contribution is 9.09. The molecular weight excluding hydrogens is 438 g/mol. The van der Waals surface area contributed by atoms with Gasteiger partial charge in [0.25, 0.3) is 0 Å². The van der Waals surface area contributed by atoms with E-state index in [-0.39, 0.29) is 18.2 Å². The van der Waals surface area contributed by atoms with Crippen LogP contribution in [0.1, 0.15) is 58.3 Å². The summed E-state index contributed by atoms with van der Waals surface area (Å²) in [6.45, 7) is 2.27. The van der Waals surface area contributed by atoms with Crippen molar-refractivity contribution in [1.82, 2.24) is 4.98 Å². The monoisotopic (exact) mass is 469 g/mol. The number of hydrogen-bond acceptors (Lipinski definition) is 5. The number of nitrogens with zero attached hydrogens (tertiary/aromatic N) is 3. The van der Waals surface area contributed by atoms with E-state index in [4.69, 9.17) is 11.5 Å². The standard InChI is InChI=1S/C11H11N5.C10H21Br.ClH/c12-10-7-6-9(11(13)14-10)16-15-8-4-2-1-3-5-8;1-2-3-4-5-6-7-8-9-10-11;/h1-7H,(H4,12,13,14);2-10H2,1H3;1H/b16-15+;;. The third-order valence-corrected chi connectivity index (χ3v) is 4.50. The van der Waals surface area contributed by atoms with Crippen molar-refractivity contribution in [2.24, 2.45) is 10.2 Å². The van der Waals surface area contributed by atoms with Crippen LogP contribution in [0.15, 0.2) is 52.7 Å². The van der Waals surface area contributed by atoms with Crippen molar-refractivity contribution < 1.29 is 0 Å². The van der Waals surface area contributed by atoms with Gasteiger partial charge in [0.15, 0.2) is 5.82 Å². The van der Waals surface area contributed by atoms with Crippen LogP contribution in [0.25, 0.3) is 0 Å². The van der Waals surface area contributed by atoms with Crippen LogP contribution < -0.4 is 11.5 Å². The van der Waals surface area contributed by atoms with Crippen LogP contribution in [0.3, 0.4) is 0 Å². The van der Waals surface area contributed by atoms with Crippen LogP contribution in [-0.2, 0) is 0 Å². The van der Waals surface area contributed by atoms with Gasteiger partial charge in [0, 0.05) is 5.33 Å². The van der Waals surface area contributed by atoms with Gasteiger partial charge < -0.3 is 11.5 Å². The lowest BCUT2D eigenvalue weighted by molar-refractivity contribution is 0.587. The minimum absolute atomic E-state index is 0. The van der Waals surface area contributed by atoms with Crippen molar-refractivity contribution in [3.8, 4) is 0 Å². The van der Waals surface area contributed by atoms with E-state index < -0.39 is 0 Å². The normalized spacial score (nSPS) is 10.2. The first-order chi connectivity index (χ1) is 13.2. The number of nitrogens with two attached hydrogens (primary N) is 2. The zero-order valence-electron chi connectivity index (χ0n) is 16.7. The Bertz CT molecular complexity index is 644. The van der Waals surface area contributed by atoms with Gasteiger partial charge in [-0.3, -0.25) is 0 Å². The average molecular weight is 471 g/mol. The molecule has 0 saturated heterocycles. The summed E-state index contributed by atoms with van der Waals surface area (Å²) in [5, 5.41) is 9.21. The van der Waals surface area contributed by atoms with Gasteiger partial charge in [0.05, 0.1) is 5.69 Å². The molecule has 4 N–H and O–H groups in total. The predicted molar refractivity (Wildman–Crippen MR) is 127 cm³/mol. The lowest BCUT2D eigenvalue weighted by Crippen LogP contribution is -1.95. The fourth-order valence-electron chi connectivity index (χ4n) is 2.40. The van der Waals surface area contributed by atoms with Crippen molar-refractivity contribution in [3.05, 3.63) is 42.5 Å². The Morgan fingerprint density at radius 1 is 0.821 bits per heavy atom. The quantitative estimate of drug-likeness (QED) is 0.213. The molecule has 1 heterocycles. The number of hydrogen-bond donors (Lipinski definition) is 2. The molecule has 7 heteroatoms. The number of azo groups is 1. The van der Waals surface area contributed by atoms with E-state index in [9.17, 15) is 0 Å². The van der Waals surface area contributed by atoms with Gasteiger partial charge >= 0.3 is 0 Å². The molecule has 0 aliphatic rings. The summed E-state index contributed by atoms with van der Waals surface area (Å²) in [5.41, 5.74) is 12.4. The second-order valence-corrected chi connectivity index (χ2v) is 7.13. The summed E-state index contributed by atoms with van der Waals surface area (Å²) < 4.78 is 0. The zero-order chi connectivity index (χ0) is 19.7. The summed E-state index contributed by atoms with van der Waals surface area (Å²) in [6.07, 6.45) is 11.4. The van der Waals surface area contributed by atoms with Gasteiger partial charge in [-0.1, -0.05) is 86.0 Å². The van der Waals surface area contributed by atoms with Crippen molar-refractivity contribution in [2.45, 2.75) is 58.3 Å². The molecule has 0 atom stereocenters. The summed E-state index contributed by atoms with van der Waals surface area (Å²) in [6, 6.07) is 12.7. The zero-order valence-corrected chi connectivity index (χ0v) is 19.1. The molecule has 0 amide bonds. The van der Waals surface area contributed by atoms with E-state index >= 15 is 0 Å². The van der Waals surface area contributed by atoms with Gasteiger partial charge in [-0.05, 0) is 30.7 Å². The largest absolute Gasteiger partial charge is 0.384 e. The fourth-order valence-corrected chi connectivity index (χ4v) is 2.80. The highest BCUT2D eigenvalue weighted by Crippen LogP contribution is 2.23. The molecular formula is C21H33BrClN5. The van der Waals surface area contributed by atoms with Crippen molar-refractivity contribution in [2.75, 3.05) is 16.8 Å². The van der Waals surface area contributed by atoms with E-state index in [0.717, 1.165) is 5.69 Å². The van der Waals surface area contributed by atoms with Crippen molar-refractivity contribution >= 4 is 51.3 Å². The third-order valence-electron chi connectivity index (χ3n) is 3.94. The summed E-state index contributed by atoms with van der Waals surface area (Å²) in [4.78, 5) is 3.89. The van der Waals surface area contributed by atoms with Crippen LogP contribution in [0.4, 0.5) is 23.0 Å². The topological polar surface area (TPSA) is 89.6 Å². The SMILES string of the molecule is CCCCCCCCCCBr.Cl.Nc1ccc(/N=N/c2ccccc2)c(N)n1. The van der Waals surface area contributed by atoms with Gasteiger partial charge in [0.2, 0.25) is 0 Å². The van der Waals surface area contributed by atoms with E-state index in [2.05, 4.69) is 38.1 Å². The average Bonchev–Trinajstić information content (AvgIpc) is 2.68. The first kappa shape index (κ1) is 26.3. The highest BCUT2D eigenvalue weighted by atomic mass is 79.9. The molecule has 2 rings (SSSR count). The molecule has 1 aromatic heterocycles. The number of rotatable bonds is 10. The maximum Gasteiger partial charge on any atom is 0.153 e. The number of halogens is 2. The minimum atomic E-state index is 0. The summed E-state index contributed by atoms with van der Waals surface area (Å²) in [7, 11) is 0. The number of alkyl halides is 1. The first-order valence-electron chi connectivity index (χ1n) is 9.72. The van der Waals surface area contributed by atoms with Gasteiger partial charge in [-0.2, -0.15) is 5.11 Å². The second-order valence-electron chi connectivity index (χ2n) is 6.34. The molecule has 0 aliphatic heterocycles. The van der Waals surface area contributed by atoms with Crippen molar-refractivity contribution in [3.63, 3.8) is 0 Å². The van der Waals surface area contributed by atoms with Crippen LogP contribution in [-0.4, -0.2) is 10.3 Å². The Kier molecular flexibility index (Phi) is 16.4. The first-order valence-corrected chi connectivity index (χ1v) is 10.8. The molecule has 0 saturated carbocycles. The van der Waals surface area contributed by atoms with Crippen LogP contribution in [0, 0.1) is 0 Å². The van der Waals surface area contributed by atoms with Gasteiger partial charge in [-0.25, -0.2) is 4.98 Å². The van der Waals surface area contributed by atoms with Crippen LogP contribution in [0.5, 0.6) is 0 Å². The lowest BCUT2D eigenvalue weighted by atomic mass is 10.1. The number of aromatic nitrogens is 1. The van der Waals surface area contributed by atoms with E-state index in [1.165, 1.54) is 56.7 Å². The number of anilines is 2.